The zero-order valence-corrected chi connectivity index (χ0v) is 9.39. The molecule has 1 rings (SSSR count). The summed E-state index contributed by atoms with van der Waals surface area (Å²) in [7, 11) is 0. The van der Waals surface area contributed by atoms with E-state index in [9.17, 15) is 4.79 Å². The van der Waals surface area contributed by atoms with E-state index in [1.54, 1.807) is 0 Å². The molecule has 0 aromatic heterocycles. The van der Waals surface area contributed by atoms with E-state index < -0.39 is 11.6 Å². The molecule has 0 radical (unpaired) electrons. The van der Waals surface area contributed by atoms with E-state index in [1.807, 2.05) is 20.8 Å². The van der Waals surface area contributed by atoms with Crippen molar-refractivity contribution in [3.05, 3.63) is 0 Å². The minimum atomic E-state index is -1.08. The number of rotatable bonds is 3. The summed E-state index contributed by atoms with van der Waals surface area (Å²) in [5.74, 6) is -0.399. The standard InChI is InChI=1S/C9H15ClO4/c1-8(2,3)5-12-7(11)9(4-10)6-13-14-9/h4-6H2,1-3H3. The van der Waals surface area contributed by atoms with Crippen LogP contribution in [0, 0.1) is 5.41 Å². The summed E-state index contributed by atoms with van der Waals surface area (Å²) in [6.07, 6.45) is 0. The van der Waals surface area contributed by atoms with Gasteiger partial charge >= 0.3 is 5.97 Å². The van der Waals surface area contributed by atoms with Crippen LogP contribution in [0.25, 0.3) is 0 Å². The number of ether oxygens (including phenoxy) is 1. The normalized spacial score (nSPS) is 26.9. The lowest BCUT2D eigenvalue weighted by atomic mass is 9.98. The van der Waals surface area contributed by atoms with Gasteiger partial charge in [0.25, 0.3) is 0 Å². The third-order valence-corrected chi connectivity index (χ3v) is 2.17. The monoisotopic (exact) mass is 222 g/mol. The lowest BCUT2D eigenvalue weighted by Crippen LogP contribution is -2.56. The number of halogens is 1. The number of hydrogen-bond donors (Lipinski definition) is 0. The van der Waals surface area contributed by atoms with Gasteiger partial charge in [-0.25, -0.2) is 14.6 Å². The molecule has 1 saturated heterocycles. The number of carbonyl (C=O) groups excluding carboxylic acids is 1. The molecule has 0 aliphatic carbocycles. The number of carbonyl (C=O) groups is 1. The second kappa shape index (κ2) is 4.04. The Morgan fingerprint density at radius 1 is 1.57 bits per heavy atom. The van der Waals surface area contributed by atoms with Gasteiger partial charge < -0.3 is 4.74 Å². The van der Waals surface area contributed by atoms with Crippen molar-refractivity contribution in [2.45, 2.75) is 26.4 Å². The highest BCUT2D eigenvalue weighted by molar-refractivity contribution is 6.20. The highest BCUT2D eigenvalue weighted by atomic mass is 35.5. The molecule has 1 aliphatic rings. The highest BCUT2D eigenvalue weighted by Crippen LogP contribution is 2.26. The molecule has 14 heavy (non-hydrogen) atoms. The van der Waals surface area contributed by atoms with Gasteiger partial charge in [0, 0.05) is 0 Å². The van der Waals surface area contributed by atoms with Crippen LogP contribution in [-0.4, -0.2) is 30.7 Å². The molecule has 82 valence electrons. The second-order valence-corrected chi connectivity index (χ2v) is 4.88. The summed E-state index contributed by atoms with van der Waals surface area (Å²) in [4.78, 5) is 20.7. The minimum absolute atomic E-state index is 0.0516. The molecule has 5 heteroatoms. The summed E-state index contributed by atoms with van der Waals surface area (Å²) < 4.78 is 5.08. The minimum Gasteiger partial charge on any atom is -0.463 e. The van der Waals surface area contributed by atoms with Crippen molar-refractivity contribution in [1.82, 2.24) is 0 Å². The van der Waals surface area contributed by atoms with Crippen molar-refractivity contribution in [3.8, 4) is 0 Å². The van der Waals surface area contributed by atoms with Crippen LogP contribution in [0.4, 0.5) is 0 Å². The van der Waals surface area contributed by atoms with Crippen LogP contribution < -0.4 is 0 Å². The van der Waals surface area contributed by atoms with Crippen molar-refractivity contribution in [1.29, 1.82) is 0 Å². The van der Waals surface area contributed by atoms with Gasteiger partial charge in [-0.15, -0.1) is 11.6 Å². The fourth-order valence-electron chi connectivity index (χ4n) is 0.823. The molecule has 0 amide bonds. The average molecular weight is 223 g/mol. The van der Waals surface area contributed by atoms with Crippen molar-refractivity contribution < 1.29 is 19.3 Å². The maximum absolute atomic E-state index is 11.5. The molecular weight excluding hydrogens is 208 g/mol. The maximum atomic E-state index is 11.5. The Morgan fingerprint density at radius 3 is 2.43 bits per heavy atom. The van der Waals surface area contributed by atoms with Gasteiger partial charge in [0.1, 0.15) is 6.61 Å². The van der Waals surface area contributed by atoms with E-state index >= 15 is 0 Å². The van der Waals surface area contributed by atoms with Crippen LogP contribution in [0.3, 0.4) is 0 Å². The largest absolute Gasteiger partial charge is 0.463 e. The first-order valence-electron chi connectivity index (χ1n) is 4.43. The Labute approximate surface area is 88.4 Å². The van der Waals surface area contributed by atoms with E-state index in [4.69, 9.17) is 16.3 Å². The molecule has 0 N–H and O–H groups in total. The van der Waals surface area contributed by atoms with Crippen LogP contribution in [0.5, 0.6) is 0 Å². The van der Waals surface area contributed by atoms with E-state index in [2.05, 4.69) is 9.78 Å². The topological polar surface area (TPSA) is 44.8 Å². The summed E-state index contributed by atoms with van der Waals surface area (Å²) >= 11 is 5.60. The van der Waals surface area contributed by atoms with Gasteiger partial charge in [-0.05, 0) is 5.41 Å². The molecule has 1 heterocycles. The summed E-state index contributed by atoms with van der Waals surface area (Å²) in [6, 6.07) is 0. The van der Waals surface area contributed by atoms with Crippen molar-refractivity contribution in [2.75, 3.05) is 19.1 Å². The van der Waals surface area contributed by atoms with Crippen LogP contribution in [0.1, 0.15) is 20.8 Å². The van der Waals surface area contributed by atoms with Gasteiger partial charge in [0.2, 0.25) is 5.60 Å². The van der Waals surface area contributed by atoms with Gasteiger partial charge in [0.05, 0.1) is 12.5 Å². The Balaban J connectivity index is 2.42. The van der Waals surface area contributed by atoms with Gasteiger partial charge in [-0.1, -0.05) is 20.8 Å². The van der Waals surface area contributed by atoms with E-state index in [1.165, 1.54) is 0 Å². The summed E-state index contributed by atoms with van der Waals surface area (Å²) in [6.45, 7) is 6.44. The molecule has 1 atom stereocenters. The Kier molecular flexibility index (Phi) is 3.40. The molecule has 0 bridgehead atoms. The number of esters is 1. The van der Waals surface area contributed by atoms with E-state index in [0.29, 0.717) is 6.61 Å². The van der Waals surface area contributed by atoms with Crippen molar-refractivity contribution in [2.24, 2.45) is 5.41 Å². The van der Waals surface area contributed by atoms with Crippen LogP contribution >= 0.6 is 11.6 Å². The molecule has 0 aromatic rings. The summed E-state index contributed by atoms with van der Waals surface area (Å²) in [5, 5.41) is 0. The van der Waals surface area contributed by atoms with Crippen LogP contribution in [0.15, 0.2) is 0 Å². The predicted molar refractivity (Wildman–Crippen MR) is 50.9 cm³/mol. The average Bonchev–Trinajstić information content (AvgIpc) is 1.98. The molecule has 1 aliphatic heterocycles. The van der Waals surface area contributed by atoms with E-state index in [-0.39, 0.29) is 17.9 Å². The third-order valence-electron chi connectivity index (χ3n) is 1.73. The Morgan fingerprint density at radius 2 is 2.14 bits per heavy atom. The lowest BCUT2D eigenvalue weighted by molar-refractivity contribution is -0.452. The van der Waals surface area contributed by atoms with Crippen molar-refractivity contribution >= 4 is 17.6 Å². The zero-order valence-electron chi connectivity index (χ0n) is 8.63. The van der Waals surface area contributed by atoms with Gasteiger partial charge in [-0.3, -0.25) is 0 Å². The predicted octanol–water partition coefficient (Wildman–Crippen LogP) is 1.52. The van der Waals surface area contributed by atoms with Gasteiger partial charge in [-0.2, -0.15) is 0 Å². The first-order chi connectivity index (χ1) is 6.40. The number of hydrogen-bond acceptors (Lipinski definition) is 4. The van der Waals surface area contributed by atoms with Crippen LogP contribution in [-0.2, 0) is 19.3 Å². The van der Waals surface area contributed by atoms with Gasteiger partial charge in [0.15, 0.2) is 0 Å². The smallest absolute Gasteiger partial charge is 0.345 e. The molecular formula is C9H15ClO4. The summed E-state index contributed by atoms with van der Waals surface area (Å²) in [5.41, 5.74) is -1.14. The molecule has 4 nitrogen and oxygen atoms in total. The molecule has 1 unspecified atom stereocenters. The van der Waals surface area contributed by atoms with E-state index in [0.717, 1.165) is 0 Å². The first-order valence-corrected chi connectivity index (χ1v) is 4.97. The van der Waals surface area contributed by atoms with Crippen LogP contribution in [0.2, 0.25) is 0 Å². The highest BCUT2D eigenvalue weighted by Gasteiger charge is 2.50. The zero-order chi connectivity index (χ0) is 10.8. The Bertz CT molecular complexity index is 212. The quantitative estimate of drug-likeness (QED) is 0.413. The molecule has 0 aromatic carbocycles. The maximum Gasteiger partial charge on any atom is 0.345 e. The molecule has 0 spiro atoms. The number of alkyl halides is 1. The Hall–Kier alpha value is -0.320. The first kappa shape index (κ1) is 11.8. The molecule has 1 fully saturated rings. The SMILES string of the molecule is CC(C)(C)COC(=O)C1(CCl)COO1. The molecule has 0 saturated carbocycles. The third kappa shape index (κ3) is 2.59. The van der Waals surface area contributed by atoms with Crippen molar-refractivity contribution in [3.63, 3.8) is 0 Å². The lowest BCUT2D eigenvalue weighted by Gasteiger charge is -2.35. The fraction of sp³-hybridized carbons (Fsp3) is 0.889. The fourth-order valence-corrected chi connectivity index (χ4v) is 1.05. The second-order valence-electron chi connectivity index (χ2n) is 4.61.